The minimum absolute atomic E-state index is 0.100. The normalized spacial score (nSPS) is 11.2. The fourth-order valence-corrected chi connectivity index (χ4v) is 4.54. The smallest absolute Gasteiger partial charge is 0.262 e. The molecule has 0 saturated heterocycles. The third-order valence-corrected chi connectivity index (χ3v) is 6.41. The Morgan fingerprint density at radius 3 is 2.11 bits per heavy atom. The Bertz CT molecular complexity index is 1300. The molecule has 1 unspecified atom stereocenters. The first-order valence-electron chi connectivity index (χ1n) is 11.3. The number of carbonyl (C=O) groups is 2. The Kier molecular flexibility index (Phi) is 8.62. The number of anilines is 2. The van der Waals surface area contributed by atoms with Gasteiger partial charge in [-0.15, -0.1) is 11.8 Å². The lowest BCUT2D eigenvalue weighted by Crippen LogP contribution is -2.20. The Labute approximate surface area is 214 Å². The van der Waals surface area contributed by atoms with Crippen LogP contribution in [0.25, 0.3) is 0 Å². The zero-order valence-corrected chi connectivity index (χ0v) is 20.5. The second-order valence-corrected chi connectivity index (χ2v) is 8.99. The molecule has 0 bridgehead atoms. The summed E-state index contributed by atoms with van der Waals surface area (Å²) in [5.74, 6) is 0.864. The van der Waals surface area contributed by atoms with E-state index < -0.39 is 5.25 Å². The van der Waals surface area contributed by atoms with Crippen LogP contribution in [-0.4, -0.2) is 25.5 Å². The van der Waals surface area contributed by atoms with E-state index in [-0.39, 0.29) is 18.4 Å². The van der Waals surface area contributed by atoms with Crippen LogP contribution in [-0.2, 0) is 9.59 Å². The zero-order valence-electron chi connectivity index (χ0n) is 19.7. The number of nitrogens with one attached hydrogen (secondary N) is 2. The molecule has 2 N–H and O–H groups in total. The van der Waals surface area contributed by atoms with E-state index >= 15 is 0 Å². The van der Waals surface area contributed by atoms with Gasteiger partial charge in [-0.05, 0) is 48.0 Å². The monoisotopic (exact) mass is 498 g/mol. The van der Waals surface area contributed by atoms with Gasteiger partial charge in [0.05, 0.1) is 7.11 Å². The van der Waals surface area contributed by atoms with Gasteiger partial charge in [0.2, 0.25) is 5.91 Å². The molecule has 0 saturated carbocycles. The number of rotatable bonds is 10. The summed E-state index contributed by atoms with van der Waals surface area (Å²) in [5.41, 5.74) is 2.15. The highest BCUT2D eigenvalue weighted by molar-refractivity contribution is 8.00. The number of thioether (sulfide) groups is 1. The molecule has 4 aromatic carbocycles. The molecular weight excluding hydrogens is 472 g/mol. The summed E-state index contributed by atoms with van der Waals surface area (Å²) >= 11 is 1.40. The summed E-state index contributed by atoms with van der Waals surface area (Å²) < 4.78 is 10.8. The number of amides is 2. The van der Waals surface area contributed by atoms with E-state index in [1.54, 1.807) is 31.4 Å². The van der Waals surface area contributed by atoms with Crippen molar-refractivity contribution in [3.63, 3.8) is 0 Å². The number of methoxy groups -OCH3 is 1. The topological polar surface area (TPSA) is 76.7 Å². The molecule has 0 aliphatic carbocycles. The Balaban J connectivity index is 1.46. The first-order valence-corrected chi connectivity index (χ1v) is 12.2. The average molecular weight is 499 g/mol. The van der Waals surface area contributed by atoms with Gasteiger partial charge in [0.15, 0.2) is 6.61 Å². The van der Waals surface area contributed by atoms with Crippen molar-refractivity contribution in [2.45, 2.75) is 10.1 Å². The van der Waals surface area contributed by atoms with Gasteiger partial charge in [-0.2, -0.15) is 0 Å². The number of benzene rings is 4. The van der Waals surface area contributed by atoms with Crippen LogP contribution < -0.4 is 20.1 Å². The highest BCUT2D eigenvalue weighted by Gasteiger charge is 2.22. The molecule has 4 rings (SSSR count). The van der Waals surface area contributed by atoms with Crippen molar-refractivity contribution < 1.29 is 19.1 Å². The summed E-state index contributed by atoms with van der Waals surface area (Å²) in [7, 11) is 1.59. The summed E-state index contributed by atoms with van der Waals surface area (Å²) in [6.07, 6.45) is 0. The largest absolute Gasteiger partial charge is 0.497 e. The molecule has 0 fully saturated rings. The van der Waals surface area contributed by atoms with Crippen LogP contribution in [0.3, 0.4) is 0 Å². The summed E-state index contributed by atoms with van der Waals surface area (Å²) in [6.45, 7) is -0.100. The van der Waals surface area contributed by atoms with E-state index in [4.69, 9.17) is 9.47 Å². The first-order chi connectivity index (χ1) is 17.6. The molecule has 182 valence electrons. The van der Waals surface area contributed by atoms with E-state index in [0.717, 1.165) is 10.5 Å². The van der Waals surface area contributed by atoms with Gasteiger partial charge >= 0.3 is 0 Å². The van der Waals surface area contributed by atoms with Crippen molar-refractivity contribution in [3.8, 4) is 11.5 Å². The van der Waals surface area contributed by atoms with E-state index in [9.17, 15) is 9.59 Å². The van der Waals surface area contributed by atoms with Gasteiger partial charge in [-0.3, -0.25) is 9.59 Å². The van der Waals surface area contributed by atoms with E-state index in [1.165, 1.54) is 11.8 Å². The molecule has 0 aliphatic heterocycles. The summed E-state index contributed by atoms with van der Waals surface area (Å²) in [5, 5.41) is 5.33. The van der Waals surface area contributed by atoms with Crippen LogP contribution in [0, 0.1) is 0 Å². The number of ether oxygens (including phenoxy) is 2. The quantitative estimate of drug-likeness (QED) is 0.255. The first kappa shape index (κ1) is 24.9. The molecule has 7 heteroatoms. The van der Waals surface area contributed by atoms with Crippen molar-refractivity contribution >= 4 is 35.0 Å². The van der Waals surface area contributed by atoms with E-state index in [0.29, 0.717) is 22.9 Å². The van der Waals surface area contributed by atoms with Crippen LogP contribution in [0.2, 0.25) is 0 Å². The highest BCUT2D eigenvalue weighted by atomic mass is 32.2. The fourth-order valence-electron chi connectivity index (χ4n) is 3.46. The van der Waals surface area contributed by atoms with Crippen LogP contribution in [0.4, 0.5) is 11.4 Å². The molecule has 0 spiro atoms. The van der Waals surface area contributed by atoms with Gasteiger partial charge in [0.1, 0.15) is 16.7 Å². The maximum absolute atomic E-state index is 13.3. The highest BCUT2D eigenvalue weighted by Crippen LogP contribution is 2.37. The predicted molar refractivity (Wildman–Crippen MR) is 144 cm³/mol. The van der Waals surface area contributed by atoms with Crippen molar-refractivity contribution in [2.24, 2.45) is 0 Å². The molecule has 0 radical (unpaired) electrons. The second kappa shape index (κ2) is 12.5. The second-order valence-electron chi connectivity index (χ2n) is 7.81. The maximum atomic E-state index is 13.3. The molecule has 2 amide bonds. The van der Waals surface area contributed by atoms with Gasteiger partial charge in [0.25, 0.3) is 5.91 Å². The van der Waals surface area contributed by atoms with Gasteiger partial charge in [-0.1, -0.05) is 60.7 Å². The van der Waals surface area contributed by atoms with Gasteiger partial charge in [-0.25, -0.2) is 0 Å². The van der Waals surface area contributed by atoms with Crippen molar-refractivity contribution in [1.82, 2.24) is 0 Å². The van der Waals surface area contributed by atoms with Crippen LogP contribution in [0.5, 0.6) is 11.5 Å². The van der Waals surface area contributed by atoms with Crippen LogP contribution >= 0.6 is 11.8 Å². The minimum atomic E-state index is -0.509. The molecule has 0 heterocycles. The molecule has 0 aliphatic rings. The third kappa shape index (κ3) is 7.13. The SMILES string of the molecule is COc1cccc(NC(=O)C(Sc2cccc(NC(=O)COc3ccccc3)c2)c2ccccc2)c1. The maximum Gasteiger partial charge on any atom is 0.262 e. The van der Waals surface area contributed by atoms with Crippen molar-refractivity contribution in [3.05, 3.63) is 115 Å². The fraction of sp³-hybridized carbons (Fsp3) is 0.103. The summed E-state index contributed by atoms with van der Waals surface area (Å²) in [6, 6.07) is 33.4. The minimum Gasteiger partial charge on any atom is -0.497 e. The van der Waals surface area contributed by atoms with Gasteiger partial charge in [0, 0.05) is 22.3 Å². The van der Waals surface area contributed by atoms with E-state index in [1.807, 2.05) is 84.9 Å². The number of hydrogen-bond acceptors (Lipinski definition) is 5. The van der Waals surface area contributed by atoms with Crippen molar-refractivity contribution in [2.75, 3.05) is 24.4 Å². The third-order valence-electron chi connectivity index (χ3n) is 5.16. The molecule has 0 aromatic heterocycles. The Morgan fingerprint density at radius 1 is 0.750 bits per heavy atom. The number of hydrogen-bond donors (Lipinski definition) is 2. The van der Waals surface area contributed by atoms with Crippen LogP contribution in [0.1, 0.15) is 10.8 Å². The molecule has 1 atom stereocenters. The van der Waals surface area contributed by atoms with Gasteiger partial charge < -0.3 is 20.1 Å². The molecule has 4 aromatic rings. The molecule has 6 nitrogen and oxygen atoms in total. The lowest BCUT2D eigenvalue weighted by molar-refractivity contribution is -0.118. The van der Waals surface area contributed by atoms with E-state index in [2.05, 4.69) is 10.6 Å². The predicted octanol–water partition coefficient (Wildman–Crippen LogP) is 6.18. The van der Waals surface area contributed by atoms with Crippen molar-refractivity contribution in [1.29, 1.82) is 0 Å². The number of carbonyl (C=O) groups excluding carboxylic acids is 2. The van der Waals surface area contributed by atoms with Crippen LogP contribution in [0.15, 0.2) is 114 Å². The standard InChI is InChI=1S/C29H26N2O4S/c1-34-25-16-8-12-22(18-25)31-29(33)28(21-10-4-2-5-11-21)36-26-17-9-13-23(19-26)30-27(32)20-35-24-14-6-3-7-15-24/h2-19,28H,20H2,1H3,(H,30,32)(H,31,33). The Hall–Kier alpha value is -4.23. The summed E-state index contributed by atoms with van der Waals surface area (Å²) in [4.78, 5) is 26.6. The molecular formula is C29H26N2O4S. The zero-order chi connectivity index (χ0) is 25.2. The lowest BCUT2D eigenvalue weighted by Gasteiger charge is -2.18. The average Bonchev–Trinajstić information content (AvgIpc) is 2.92. The lowest BCUT2D eigenvalue weighted by atomic mass is 10.1. The molecule has 36 heavy (non-hydrogen) atoms. The Morgan fingerprint density at radius 2 is 1.39 bits per heavy atom. The number of para-hydroxylation sites is 1.